The zero-order valence-corrected chi connectivity index (χ0v) is 19.8. The predicted octanol–water partition coefficient (Wildman–Crippen LogP) is 2.66. The van der Waals surface area contributed by atoms with Crippen molar-refractivity contribution in [3.8, 4) is 0 Å². The van der Waals surface area contributed by atoms with Gasteiger partial charge in [-0.15, -0.1) is 0 Å². The van der Waals surface area contributed by atoms with Crippen molar-refractivity contribution in [1.29, 1.82) is 0 Å². The van der Waals surface area contributed by atoms with Gasteiger partial charge in [0.2, 0.25) is 0 Å². The normalized spacial score (nSPS) is 24.4. The molecule has 0 N–H and O–H groups in total. The second-order valence-electron chi connectivity index (χ2n) is 8.23. The summed E-state index contributed by atoms with van der Waals surface area (Å²) in [5.41, 5.74) is 2.07. The number of aryl methyl sites for hydroxylation is 1. The second-order valence-corrected chi connectivity index (χ2v) is 13.0. The van der Waals surface area contributed by atoms with Crippen LogP contribution in [0, 0.1) is 0 Å². The van der Waals surface area contributed by atoms with Gasteiger partial charge in [-0.1, -0.05) is 36.7 Å². The molecule has 0 amide bonds. The fourth-order valence-corrected chi connectivity index (χ4v) is 9.52. The number of rotatable bonds is 5. The molecular formula is C22H27ClN2O4S2. The minimum absolute atomic E-state index is 0.110. The molecule has 2 aliphatic rings. The molecule has 9 heteroatoms. The minimum Gasteiger partial charge on any atom is -0.369 e. The molecule has 2 aromatic rings. The maximum Gasteiger partial charge on any atom is 0.183 e. The van der Waals surface area contributed by atoms with Crippen molar-refractivity contribution >= 4 is 37.0 Å². The van der Waals surface area contributed by atoms with Gasteiger partial charge in [-0.3, -0.25) is 4.90 Å². The number of nitrogens with zero attached hydrogens (tertiary/aromatic N) is 2. The van der Waals surface area contributed by atoms with Gasteiger partial charge < -0.3 is 4.90 Å². The van der Waals surface area contributed by atoms with Crippen molar-refractivity contribution in [3.63, 3.8) is 0 Å². The lowest BCUT2D eigenvalue weighted by molar-refractivity contribution is 0.201. The zero-order valence-electron chi connectivity index (χ0n) is 17.4. The Hall–Kier alpha value is -1.61. The van der Waals surface area contributed by atoms with Gasteiger partial charge in [0.1, 0.15) is 0 Å². The molecule has 2 aromatic carbocycles. The smallest absolute Gasteiger partial charge is 0.183 e. The lowest BCUT2D eigenvalue weighted by Crippen LogP contribution is -2.55. The molecule has 4 rings (SSSR count). The number of benzene rings is 2. The lowest BCUT2D eigenvalue weighted by Gasteiger charge is -2.40. The second kappa shape index (κ2) is 8.73. The number of halogens is 1. The first-order chi connectivity index (χ1) is 14.7. The molecule has 31 heavy (non-hydrogen) atoms. The predicted molar refractivity (Wildman–Crippen MR) is 124 cm³/mol. The summed E-state index contributed by atoms with van der Waals surface area (Å²) in [7, 11) is -7.18. The van der Waals surface area contributed by atoms with Crippen LogP contribution >= 0.6 is 11.6 Å². The van der Waals surface area contributed by atoms with E-state index in [1.807, 2.05) is 36.1 Å². The highest BCUT2D eigenvalue weighted by Gasteiger charge is 2.48. The Morgan fingerprint density at radius 1 is 1.00 bits per heavy atom. The van der Waals surface area contributed by atoms with E-state index in [0.29, 0.717) is 31.2 Å². The van der Waals surface area contributed by atoms with E-state index >= 15 is 0 Å². The van der Waals surface area contributed by atoms with E-state index in [2.05, 4.69) is 4.90 Å². The Balaban J connectivity index is 1.54. The van der Waals surface area contributed by atoms with E-state index in [1.165, 1.54) is 0 Å². The highest BCUT2D eigenvalue weighted by molar-refractivity contribution is 7.96. The van der Waals surface area contributed by atoms with Crippen molar-refractivity contribution in [2.45, 2.75) is 29.5 Å². The molecule has 168 valence electrons. The van der Waals surface area contributed by atoms with Gasteiger partial charge in [0, 0.05) is 42.9 Å². The summed E-state index contributed by atoms with van der Waals surface area (Å²) in [6, 6.07) is 13.9. The topological polar surface area (TPSA) is 74.8 Å². The van der Waals surface area contributed by atoms with Crippen LogP contribution in [0.4, 0.5) is 5.69 Å². The van der Waals surface area contributed by atoms with Crippen LogP contribution in [0.25, 0.3) is 0 Å². The van der Waals surface area contributed by atoms with Gasteiger partial charge in [-0.25, -0.2) is 16.8 Å². The van der Waals surface area contributed by atoms with E-state index in [9.17, 15) is 16.8 Å². The Morgan fingerprint density at radius 2 is 1.68 bits per heavy atom. The molecule has 2 aliphatic heterocycles. The summed E-state index contributed by atoms with van der Waals surface area (Å²) in [4.78, 5) is 4.43. The van der Waals surface area contributed by atoms with E-state index in [1.54, 1.807) is 24.3 Å². The third-order valence-corrected chi connectivity index (χ3v) is 10.7. The van der Waals surface area contributed by atoms with E-state index in [0.717, 1.165) is 17.7 Å². The fourth-order valence-electron chi connectivity index (χ4n) is 4.51. The molecule has 2 saturated heterocycles. The molecule has 0 unspecified atom stereocenters. The summed E-state index contributed by atoms with van der Waals surface area (Å²) in [5, 5.41) is -0.273. The molecule has 0 spiro atoms. The van der Waals surface area contributed by atoms with Gasteiger partial charge >= 0.3 is 0 Å². The standard InChI is InChI=1S/C22H27ClN2O4S2/c1-2-17-6-8-20(9-7-17)31(28,29)22-16-30(26,27)15-21(22)25-12-10-24(11-13-25)19-5-3-4-18(23)14-19/h3-9,14,21-22H,2,10-13,15-16H2,1H3/t21-,22-/m0/s1. The average Bonchev–Trinajstić information content (AvgIpc) is 3.10. The van der Waals surface area contributed by atoms with Gasteiger partial charge in [0.25, 0.3) is 0 Å². The van der Waals surface area contributed by atoms with E-state index in [4.69, 9.17) is 11.6 Å². The highest BCUT2D eigenvalue weighted by atomic mass is 35.5. The quantitative estimate of drug-likeness (QED) is 0.652. The summed E-state index contributed by atoms with van der Waals surface area (Å²) in [6.45, 7) is 4.59. The molecule has 0 aromatic heterocycles. The fraction of sp³-hybridized carbons (Fsp3) is 0.455. The van der Waals surface area contributed by atoms with Crippen LogP contribution in [0.15, 0.2) is 53.4 Å². The zero-order chi connectivity index (χ0) is 22.2. The number of piperazine rings is 1. The molecule has 2 fully saturated rings. The van der Waals surface area contributed by atoms with Crippen molar-refractivity contribution in [1.82, 2.24) is 4.90 Å². The minimum atomic E-state index is -3.76. The number of hydrogen-bond donors (Lipinski definition) is 0. The van der Waals surface area contributed by atoms with Crippen LogP contribution in [-0.4, -0.2) is 70.7 Å². The van der Waals surface area contributed by atoms with Crippen molar-refractivity contribution in [2.75, 3.05) is 42.6 Å². The maximum atomic E-state index is 13.4. The van der Waals surface area contributed by atoms with Crippen molar-refractivity contribution in [3.05, 3.63) is 59.1 Å². The molecule has 0 saturated carbocycles. The monoisotopic (exact) mass is 482 g/mol. The Bertz CT molecular complexity index is 1140. The Morgan fingerprint density at radius 3 is 2.29 bits per heavy atom. The van der Waals surface area contributed by atoms with Gasteiger partial charge in [0.05, 0.1) is 21.7 Å². The van der Waals surface area contributed by atoms with Gasteiger partial charge in [-0.2, -0.15) is 0 Å². The number of anilines is 1. The number of hydrogen-bond acceptors (Lipinski definition) is 6. The summed E-state index contributed by atoms with van der Waals surface area (Å²) < 4.78 is 51.7. The van der Waals surface area contributed by atoms with Gasteiger partial charge in [0.15, 0.2) is 19.7 Å². The van der Waals surface area contributed by atoms with Crippen LogP contribution in [0.5, 0.6) is 0 Å². The summed E-state index contributed by atoms with van der Waals surface area (Å²) in [6.07, 6.45) is 0.817. The lowest BCUT2D eigenvalue weighted by atomic mass is 10.1. The Kier molecular flexibility index (Phi) is 6.36. The highest BCUT2D eigenvalue weighted by Crippen LogP contribution is 2.30. The molecule has 0 bridgehead atoms. The Labute approximate surface area is 189 Å². The maximum absolute atomic E-state index is 13.4. The largest absolute Gasteiger partial charge is 0.369 e. The molecule has 0 radical (unpaired) electrons. The third-order valence-electron chi connectivity index (χ3n) is 6.29. The van der Waals surface area contributed by atoms with Crippen LogP contribution in [-0.2, 0) is 26.1 Å². The van der Waals surface area contributed by atoms with Crippen molar-refractivity contribution < 1.29 is 16.8 Å². The van der Waals surface area contributed by atoms with Crippen LogP contribution in [0.2, 0.25) is 5.02 Å². The first-order valence-electron chi connectivity index (χ1n) is 10.5. The molecule has 6 nitrogen and oxygen atoms in total. The van der Waals surface area contributed by atoms with Crippen LogP contribution in [0.1, 0.15) is 12.5 Å². The molecule has 0 aliphatic carbocycles. The molecule has 2 heterocycles. The average molecular weight is 483 g/mol. The van der Waals surface area contributed by atoms with E-state index in [-0.39, 0.29) is 16.4 Å². The first kappa shape index (κ1) is 22.6. The SMILES string of the molecule is CCc1ccc(S(=O)(=O)[C@H]2CS(=O)(=O)C[C@@H]2N2CCN(c3cccc(Cl)c3)CC2)cc1. The van der Waals surface area contributed by atoms with Crippen LogP contribution < -0.4 is 4.90 Å². The van der Waals surface area contributed by atoms with E-state index < -0.39 is 31.0 Å². The molecule has 2 atom stereocenters. The summed E-state index contributed by atoms with van der Waals surface area (Å²) >= 11 is 6.10. The van der Waals surface area contributed by atoms with Gasteiger partial charge in [-0.05, 0) is 42.3 Å². The number of sulfone groups is 2. The van der Waals surface area contributed by atoms with Crippen LogP contribution in [0.3, 0.4) is 0 Å². The molecular weight excluding hydrogens is 456 g/mol. The summed E-state index contributed by atoms with van der Waals surface area (Å²) in [5.74, 6) is -0.425. The van der Waals surface area contributed by atoms with Crippen molar-refractivity contribution in [2.24, 2.45) is 0 Å². The first-order valence-corrected chi connectivity index (χ1v) is 14.2. The third kappa shape index (κ3) is 4.77.